The van der Waals surface area contributed by atoms with Crippen molar-refractivity contribution in [1.29, 1.82) is 0 Å². The second-order valence-corrected chi connectivity index (χ2v) is 4.76. The fourth-order valence-corrected chi connectivity index (χ4v) is 1.85. The first kappa shape index (κ1) is 13.8. The molecule has 0 bridgehead atoms. The van der Waals surface area contributed by atoms with Crippen molar-refractivity contribution in [2.75, 3.05) is 6.61 Å². The lowest BCUT2D eigenvalue weighted by atomic mass is 10.1. The van der Waals surface area contributed by atoms with Crippen LogP contribution < -0.4 is 4.74 Å². The molecular weight excluding hydrogens is 212 g/mol. The van der Waals surface area contributed by atoms with Crippen LogP contribution in [-0.2, 0) is 0 Å². The van der Waals surface area contributed by atoms with E-state index in [-0.39, 0.29) is 5.78 Å². The van der Waals surface area contributed by atoms with Gasteiger partial charge in [-0.15, -0.1) is 0 Å². The summed E-state index contributed by atoms with van der Waals surface area (Å²) in [6.07, 6.45) is 2.32. The third-order valence-electron chi connectivity index (χ3n) is 2.82. The van der Waals surface area contributed by atoms with E-state index in [1.54, 1.807) is 6.92 Å². The number of hydrogen-bond acceptors (Lipinski definition) is 2. The third-order valence-corrected chi connectivity index (χ3v) is 2.82. The summed E-state index contributed by atoms with van der Waals surface area (Å²) in [5.41, 5.74) is 1.80. The second kappa shape index (κ2) is 6.43. The zero-order valence-corrected chi connectivity index (χ0v) is 11.2. The number of hydrogen-bond donors (Lipinski definition) is 0. The summed E-state index contributed by atoms with van der Waals surface area (Å²) in [6.45, 7) is 8.60. The number of benzene rings is 1. The average molecular weight is 234 g/mol. The summed E-state index contributed by atoms with van der Waals surface area (Å²) >= 11 is 0. The summed E-state index contributed by atoms with van der Waals surface area (Å²) < 4.78 is 5.77. The lowest BCUT2D eigenvalue weighted by molar-refractivity contribution is 0.101. The van der Waals surface area contributed by atoms with E-state index >= 15 is 0 Å². The smallest absolute Gasteiger partial charge is 0.163 e. The molecule has 0 heterocycles. The zero-order chi connectivity index (χ0) is 12.8. The number of ketones is 1. The maximum absolute atomic E-state index is 11.5. The highest BCUT2D eigenvalue weighted by Gasteiger charge is 2.10. The van der Waals surface area contributed by atoms with Crippen LogP contribution in [0.15, 0.2) is 18.2 Å². The van der Waals surface area contributed by atoms with Gasteiger partial charge in [0.05, 0.1) is 12.2 Å². The van der Waals surface area contributed by atoms with Crippen LogP contribution in [0.2, 0.25) is 0 Å². The number of ether oxygens (including phenoxy) is 1. The summed E-state index contributed by atoms with van der Waals surface area (Å²) in [5, 5.41) is 0. The lowest BCUT2D eigenvalue weighted by Gasteiger charge is -2.14. The fourth-order valence-electron chi connectivity index (χ4n) is 1.85. The van der Waals surface area contributed by atoms with Crippen LogP contribution in [0.3, 0.4) is 0 Å². The van der Waals surface area contributed by atoms with Crippen molar-refractivity contribution >= 4 is 5.78 Å². The van der Waals surface area contributed by atoms with Gasteiger partial charge in [0.2, 0.25) is 0 Å². The number of aryl methyl sites for hydroxylation is 1. The monoisotopic (exact) mass is 234 g/mol. The van der Waals surface area contributed by atoms with Crippen molar-refractivity contribution in [3.05, 3.63) is 29.3 Å². The Bertz CT molecular complexity index is 383. The zero-order valence-electron chi connectivity index (χ0n) is 11.2. The second-order valence-electron chi connectivity index (χ2n) is 4.76. The van der Waals surface area contributed by atoms with Gasteiger partial charge in [0, 0.05) is 0 Å². The Balaban J connectivity index is 2.75. The van der Waals surface area contributed by atoms with E-state index in [4.69, 9.17) is 4.74 Å². The first-order valence-corrected chi connectivity index (χ1v) is 6.29. The van der Waals surface area contributed by atoms with Gasteiger partial charge in [-0.2, -0.15) is 0 Å². The van der Waals surface area contributed by atoms with Crippen LogP contribution >= 0.6 is 0 Å². The minimum Gasteiger partial charge on any atom is -0.493 e. The van der Waals surface area contributed by atoms with Gasteiger partial charge in [0.15, 0.2) is 5.78 Å². The quantitative estimate of drug-likeness (QED) is 0.695. The molecule has 0 fully saturated rings. The molecule has 0 spiro atoms. The summed E-state index contributed by atoms with van der Waals surface area (Å²) in [4.78, 5) is 11.5. The molecule has 1 rings (SSSR count). The molecule has 0 aliphatic heterocycles. The Morgan fingerprint density at radius 1 is 1.41 bits per heavy atom. The maximum atomic E-state index is 11.5. The molecule has 0 aliphatic carbocycles. The van der Waals surface area contributed by atoms with Crippen LogP contribution in [0.1, 0.15) is 49.5 Å². The van der Waals surface area contributed by atoms with Gasteiger partial charge < -0.3 is 4.74 Å². The largest absolute Gasteiger partial charge is 0.493 e. The molecule has 1 aromatic rings. The Kier molecular flexibility index (Phi) is 5.20. The first-order chi connectivity index (χ1) is 8.04. The maximum Gasteiger partial charge on any atom is 0.163 e. The van der Waals surface area contributed by atoms with E-state index in [9.17, 15) is 4.79 Å². The summed E-state index contributed by atoms with van der Waals surface area (Å²) in [6, 6.07) is 5.73. The van der Waals surface area contributed by atoms with Crippen molar-refractivity contribution in [2.45, 2.75) is 40.5 Å². The van der Waals surface area contributed by atoms with Gasteiger partial charge in [-0.25, -0.2) is 0 Å². The molecule has 94 valence electrons. The first-order valence-electron chi connectivity index (χ1n) is 6.29. The van der Waals surface area contributed by atoms with Gasteiger partial charge >= 0.3 is 0 Å². The molecule has 2 heteroatoms. The van der Waals surface area contributed by atoms with Gasteiger partial charge in [-0.3, -0.25) is 4.79 Å². The van der Waals surface area contributed by atoms with Crippen LogP contribution in [0.5, 0.6) is 5.75 Å². The van der Waals surface area contributed by atoms with Gasteiger partial charge in [0.25, 0.3) is 0 Å². The van der Waals surface area contributed by atoms with Crippen LogP contribution in [-0.4, -0.2) is 12.4 Å². The van der Waals surface area contributed by atoms with Crippen molar-refractivity contribution in [3.8, 4) is 5.75 Å². The van der Waals surface area contributed by atoms with Crippen molar-refractivity contribution in [3.63, 3.8) is 0 Å². The van der Waals surface area contributed by atoms with Crippen LogP contribution in [0.4, 0.5) is 0 Å². The highest BCUT2D eigenvalue weighted by Crippen LogP contribution is 2.22. The minimum absolute atomic E-state index is 0.0585. The highest BCUT2D eigenvalue weighted by molar-refractivity contribution is 5.96. The third kappa shape index (κ3) is 4.22. The lowest BCUT2D eigenvalue weighted by Crippen LogP contribution is -2.10. The summed E-state index contributed by atoms with van der Waals surface area (Å²) in [7, 11) is 0. The van der Waals surface area contributed by atoms with E-state index in [0.717, 1.165) is 24.2 Å². The van der Waals surface area contributed by atoms with Crippen molar-refractivity contribution < 1.29 is 9.53 Å². The Hall–Kier alpha value is -1.31. The minimum atomic E-state index is 0.0585. The molecule has 0 aliphatic rings. The van der Waals surface area contributed by atoms with E-state index in [1.807, 2.05) is 25.1 Å². The number of rotatable bonds is 6. The van der Waals surface area contributed by atoms with E-state index < -0.39 is 0 Å². The average Bonchev–Trinajstić information content (AvgIpc) is 2.26. The van der Waals surface area contributed by atoms with Crippen molar-refractivity contribution in [2.24, 2.45) is 5.92 Å². The Morgan fingerprint density at radius 3 is 2.71 bits per heavy atom. The molecule has 1 unspecified atom stereocenters. The number of carbonyl (C=O) groups is 1. The topological polar surface area (TPSA) is 26.3 Å². The van der Waals surface area contributed by atoms with Gasteiger partial charge in [-0.05, 0) is 43.9 Å². The molecule has 17 heavy (non-hydrogen) atoms. The molecule has 2 nitrogen and oxygen atoms in total. The number of Topliss-reactive ketones (excluding diaryl/α,β-unsaturated/α-hetero) is 1. The SMILES string of the molecule is CCCC(C)COc1cc(C)ccc1C(C)=O. The molecule has 1 aromatic carbocycles. The molecule has 0 amide bonds. The van der Waals surface area contributed by atoms with E-state index in [0.29, 0.717) is 18.1 Å². The molecule has 0 radical (unpaired) electrons. The molecule has 0 N–H and O–H groups in total. The van der Waals surface area contributed by atoms with E-state index in [1.165, 1.54) is 0 Å². The Labute approximate surface area is 104 Å². The normalized spacial score (nSPS) is 12.2. The van der Waals surface area contributed by atoms with Gasteiger partial charge in [0.1, 0.15) is 5.75 Å². The van der Waals surface area contributed by atoms with Crippen LogP contribution in [0.25, 0.3) is 0 Å². The molecular formula is C15H22O2. The standard InChI is InChI=1S/C15H22O2/c1-5-6-12(3)10-17-15-9-11(2)7-8-14(15)13(4)16/h7-9,12H,5-6,10H2,1-4H3. The predicted molar refractivity (Wildman–Crippen MR) is 70.8 cm³/mol. The molecule has 0 saturated carbocycles. The van der Waals surface area contributed by atoms with Gasteiger partial charge in [-0.1, -0.05) is 26.3 Å². The fraction of sp³-hybridized carbons (Fsp3) is 0.533. The number of carbonyl (C=O) groups excluding carboxylic acids is 1. The summed E-state index contributed by atoms with van der Waals surface area (Å²) in [5.74, 6) is 1.31. The Morgan fingerprint density at radius 2 is 2.12 bits per heavy atom. The highest BCUT2D eigenvalue weighted by atomic mass is 16.5. The van der Waals surface area contributed by atoms with Crippen LogP contribution in [0, 0.1) is 12.8 Å². The van der Waals surface area contributed by atoms with Crippen molar-refractivity contribution in [1.82, 2.24) is 0 Å². The molecule has 0 saturated heterocycles. The molecule has 0 aromatic heterocycles. The predicted octanol–water partition coefficient (Wildman–Crippen LogP) is 4.01. The molecule has 1 atom stereocenters. The van der Waals surface area contributed by atoms with E-state index in [2.05, 4.69) is 13.8 Å².